The zero-order chi connectivity index (χ0) is 17.1. The maximum atomic E-state index is 6.05. The summed E-state index contributed by atoms with van der Waals surface area (Å²) in [6, 6.07) is 13.0. The number of benzene rings is 2. The molecule has 0 aliphatic heterocycles. The van der Waals surface area contributed by atoms with Gasteiger partial charge in [-0.3, -0.25) is 0 Å². The van der Waals surface area contributed by atoms with Crippen molar-refractivity contribution >= 4 is 46.0 Å². The molecular formula is C16H12BrClN4OS. The standard InChI is InChI=1S/C16H12BrClN4OS/c1-23-14-6-5-12(17)7-11(14)9-19-22-15(20-21-16(22)24)10-3-2-4-13(18)8-10/h2-9H,1H3,(H,21,24)/b19-9+. The van der Waals surface area contributed by atoms with Crippen molar-refractivity contribution in [1.29, 1.82) is 0 Å². The van der Waals surface area contributed by atoms with E-state index in [1.807, 2.05) is 30.3 Å². The first-order valence-electron chi connectivity index (χ1n) is 6.90. The smallest absolute Gasteiger partial charge is 0.216 e. The molecular weight excluding hydrogens is 412 g/mol. The highest BCUT2D eigenvalue weighted by Gasteiger charge is 2.09. The van der Waals surface area contributed by atoms with E-state index >= 15 is 0 Å². The van der Waals surface area contributed by atoms with Crippen LogP contribution in [0.5, 0.6) is 5.75 Å². The van der Waals surface area contributed by atoms with Gasteiger partial charge in [0, 0.05) is 20.6 Å². The lowest BCUT2D eigenvalue weighted by Gasteiger charge is -2.05. The molecule has 0 aliphatic rings. The molecule has 0 spiro atoms. The molecule has 0 unspecified atom stereocenters. The van der Waals surface area contributed by atoms with E-state index < -0.39 is 0 Å². The molecule has 24 heavy (non-hydrogen) atoms. The van der Waals surface area contributed by atoms with Crippen LogP contribution >= 0.6 is 39.7 Å². The van der Waals surface area contributed by atoms with Crippen LogP contribution in [0.25, 0.3) is 11.4 Å². The second kappa shape index (κ2) is 7.29. The molecule has 5 nitrogen and oxygen atoms in total. The van der Waals surface area contributed by atoms with E-state index in [1.165, 1.54) is 0 Å². The van der Waals surface area contributed by atoms with Gasteiger partial charge >= 0.3 is 0 Å². The van der Waals surface area contributed by atoms with Crippen LogP contribution in [0.4, 0.5) is 0 Å². The van der Waals surface area contributed by atoms with Crippen molar-refractivity contribution in [1.82, 2.24) is 14.9 Å². The zero-order valence-corrected chi connectivity index (χ0v) is 15.7. The Balaban J connectivity index is 2.04. The van der Waals surface area contributed by atoms with Crippen molar-refractivity contribution in [3.8, 4) is 17.1 Å². The number of nitrogens with zero attached hydrogens (tertiary/aromatic N) is 3. The fourth-order valence-electron chi connectivity index (χ4n) is 2.14. The average molecular weight is 424 g/mol. The van der Waals surface area contributed by atoms with Gasteiger partial charge in [0.2, 0.25) is 4.77 Å². The summed E-state index contributed by atoms with van der Waals surface area (Å²) in [5, 5.41) is 12.0. The highest BCUT2D eigenvalue weighted by Crippen LogP contribution is 2.23. The van der Waals surface area contributed by atoms with Crippen molar-refractivity contribution in [3.05, 3.63) is 62.3 Å². The number of nitrogens with one attached hydrogen (secondary N) is 1. The molecule has 0 amide bonds. The lowest BCUT2D eigenvalue weighted by atomic mass is 10.2. The topological polar surface area (TPSA) is 55.2 Å². The maximum Gasteiger partial charge on any atom is 0.216 e. The third kappa shape index (κ3) is 3.58. The SMILES string of the molecule is COc1ccc(Br)cc1/C=N/n1c(-c2cccc(Cl)c2)n[nH]c1=S. The largest absolute Gasteiger partial charge is 0.496 e. The summed E-state index contributed by atoms with van der Waals surface area (Å²) in [6.07, 6.45) is 1.67. The summed E-state index contributed by atoms with van der Waals surface area (Å²) in [6.45, 7) is 0. The Labute approximate surface area is 157 Å². The number of rotatable bonds is 4. The fraction of sp³-hybridized carbons (Fsp3) is 0.0625. The molecule has 122 valence electrons. The van der Waals surface area contributed by atoms with Gasteiger partial charge in [0.25, 0.3) is 0 Å². The molecule has 2 aromatic carbocycles. The number of H-pyrrole nitrogens is 1. The van der Waals surface area contributed by atoms with Crippen LogP contribution in [0, 0.1) is 4.77 Å². The van der Waals surface area contributed by atoms with Gasteiger partial charge in [-0.25, -0.2) is 5.10 Å². The first kappa shape index (κ1) is 16.9. The Morgan fingerprint density at radius 2 is 2.17 bits per heavy atom. The summed E-state index contributed by atoms with van der Waals surface area (Å²) < 4.78 is 8.20. The summed E-state index contributed by atoms with van der Waals surface area (Å²) in [5.74, 6) is 1.29. The Morgan fingerprint density at radius 3 is 2.92 bits per heavy atom. The minimum atomic E-state index is 0.384. The van der Waals surface area contributed by atoms with E-state index in [4.69, 9.17) is 28.6 Å². The van der Waals surface area contributed by atoms with Crippen LogP contribution < -0.4 is 4.74 Å². The normalized spacial score (nSPS) is 11.1. The van der Waals surface area contributed by atoms with Crippen LogP contribution in [0.2, 0.25) is 5.02 Å². The fourth-order valence-corrected chi connectivity index (χ4v) is 2.89. The number of ether oxygens (including phenoxy) is 1. The van der Waals surface area contributed by atoms with Crippen LogP contribution in [0.1, 0.15) is 5.56 Å². The lowest BCUT2D eigenvalue weighted by molar-refractivity contribution is 0.414. The van der Waals surface area contributed by atoms with Gasteiger partial charge in [-0.2, -0.15) is 14.9 Å². The van der Waals surface area contributed by atoms with E-state index in [-0.39, 0.29) is 0 Å². The maximum absolute atomic E-state index is 6.05. The van der Waals surface area contributed by atoms with Crippen LogP contribution in [0.15, 0.2) is 52.0 Å². The molecule has 8 heteroatoms. The molecule has 0 bridgehead atoms. The Bertz CT molecular complexity index is 967. The monoisotopic (exact) mass is 422 g/mol. The summed E-state index contributed by atoms with van der Waals surface area (Å²) >= 11 is 14.8. The molecule has 0 radical (unpaired) electrons. The second-order valence-electron chi connectivity index (χ2n) is 4.81. The molecule has 1 heterocycles. The van der Waals surface area contributed by atoms with Gasteiger partial charge in [-0.15, -0.1) is 0 Å². The average Bonchev–Trinajstić information content (AvgIpc) is 2.94. The molecule has 1 N–H and O–H groups in total. The number of aromatic amines is 1. The van der Waals surface area contributed by atoms with Crippen LogP contribution in [-0.2, 0) is 0 Å². The second-order valence-corrected chi connectivity index (χ2v) is 6.54. The summed E-state index contributed by atoms with van der Waals surface area (Å²) in [4.78, 5) is 0. The van der Waals surface area contributed by atoms with Crippen molar-refractivity contribution in [2.45, 2.75) is 0 Å². The molecule has 3 rings (SSSR count). The van der Waals surface area contributed by atoms with Crippen molar-refractivity contribution in [2.24, 2.45) is 5.10 Å². The van der Waals surface area contributed by atoms with Gasteiger partial charge < -0.3 is 4.74 Å². The van der Waals surface area contributed by atoms with Gasteiger partial charge in [0.05, 0.1) is 13.3 Å². The Hall–Kier alpha value is -1.96. The molecule has 1 aromatic heterocycles. The summed E-state index contributed by atoms with van der Waals surface area (Å²) in [5.41, 5.74) is 1.63. The molecule has 3 aromatic rings. The third-order valence-electron chi connectivity index (χ3n) is 3.24. The van der Waals surface area contributed by atoms with Crippen molar-refractivity contribution < 1.29 is 4.74 Å². The van der Waals surface area contributed by atoms with E-state index in [0.717, 1.165) is 15.6 Å². The number of aromatic nitrogens is 3. The molecule has 0 saturated heterocycles. The highest BCUT2D eigenvalue weighted by atomic mass is 79.9. The van der Waals surface area contributed by atoms with E-state index in [1.54, 1.807) is 30.1 Å². The Kier molecular flexibility index (Phi) is 5.13. The quantitative estimate of drug-likeness (QED) is 0.479. The number of methoxy groups -OCH3 is 1. The highest BCUT2D eigenvalue weighted by molar-refractivity contribution is 9.10. The number of halogens is 2. The Morgan fingerprint density at radius 1 is 1.33 bits per heavy atom. The molecule has 0 aliphatic carbocycles. The van der Waals surface area contributed by atoms with Gasteiger partial charge in [-0.05, 0) is 42.5 Å². The van der Waals surface area contributed by atoms with Gasteiger partial charge in [0.1, 0.15) is 5.75 Å². The minimum Gasteiger partial charge on any atom is -0.496 e. The number of hydrogen-bond donors (Lipinski definition) is 1. The molecule has 0 atom stereocenters. The lowest BCUT2D eigenvalue weighted by Crippen LogP contribution is -1.96. The number of hydrogen-bond acceptors (Lipinski definition) is 4. The van der Waals surface area contributed by atoms with Gasteiger partial charge in [-0.1, -0.05) is 39.7 Å². The zero-order valence-electron chi connectivity index (χ0n) is 12.5. The van der Waals surface area contributed by atoms with Crippen molar-refractivity contribution in [2.75, 3.05) is 7.11 Å². The summed E-state index contributed by atoms with van der Waals surface area (Å²) in [7, 11) is 1.61. The first-order valence-corrected chi connectivity index (χ1v) is 8.47. The molecule has 0 fully saturated rings. The van der Waals surface area contributed by atoms with E-state index in [0.29, 0.717) is 21.4 Å². The van der Waals surface area contributed by atoms with Crippen LogP contribution in [-0.4, -0.2) is 28.2 Å². The van der Waals surface area contributed by atoms with E-state index in [2.05, 4.69) is 31.2 Å². The first-order chi connectivity index (χ1) is 11.6. The van der Waals surface area contributed by atoms with Crippen LogP contribution in [0.3, 0.4) is 0 Å². The molecule has 0 saturated carbocycles. The predicted octanol–water partition coefficient (Wildman–Crippen LogP) is 4.91. The minimum absolute atomic E-state index is 0.384. The van der Waals surface area contributed by atoms with Crippen molar-refractivity contribution in [3.63, 3.8) is 0 Å². The third-order valence-corrected chi connectivity index (χ3v) is 4.23. The predicted molar refractivity (Wildman–Crippen MR) is 102 cm³/mol. The van der Waals surface area contributed by atoms with Gasteiger partial charge in [0.15, 0.2) is 5.82 Å². The van der Waals surface area contributed by atoms with E-state index in [9.17, 15) is 0 Å².